The third-order valence-corrected chi connectivity index (χ3v) is 3.18. The normalized spacial score (nSPS) is 11.0. The molecule has 0 unspecified atom stereocenters. The zero-order valence-electron chi connectivity index (χ0n) is 13.1. The minimum Gasteiger partial charge on any atom is -0.493 e. The molecular formula is C19H20O3. The molecule has 22 heavy (non-hydrogen) atoms. The highest BCUT2D eigenvalue weighted by atomic mass is 16.5. The van der Waals surface area contributed by atoms with Gasteiger partial charge in [0.25, 0.3) is 0 Å². The molecule has 0 aliphatic carbocycles. The molecule has 0 aromatic heterocycles. The molecule has 2 rings (SSSR count). The highest BCUT2D eigenvalue weighted by Gasteiger charge is 2.11. The standard InChI is InChI=1S/C19H20O3/c1-20-17-13-16(14-18(21-2)19(17)22-3)12-8-7-11-15-9-5-4-6-10-15/h4-14H,1-3H3/b11-7+,12-8+. The van der Waals surface area contributed by atoms with Crippen molar-refractivity contribution in [3.63, 3.8) is 0 Å². The minimum atomic E-state index is 0.599. The summed E-state index contributed by atoms with van der Waals surface area (Å²) in [6.07, 6.45) is 8.02. The summed E-state index contributed by atoms with van der Waals surface area (Å²) < 4.78 is 16.0. The van der Waals surface area contributed by atoms with Gasteiger partial charge in [0.05, 0.1) is 21.3 Å². The van der Waals surface area contributed by atoms with Crippen LogP contribution in [-0.4, -0.2) is 21.3 Å². The zero-order chi connectivity index (χ0) is 15.8. The molecule has 0 fully saturated rings. The average Bonchev–Trinajstić information content (AvgIpc) is 2.58. The van der Waals surface area contributed by atoms with Crippen LogP contribution in [0.5, 0.6) is 17.2 Å². The number of hydrogen-bond acceptors (Lipinski definition) is 3. The van der Waals surface area contributed by atoms with Gasteiger partial charge < -0.3 is 14.2 Å². The maximum atomic E-state index is 5.34. The number of methoxy groups -OCH3 is 3. The van der Waals surface area contributed by atoms with Gasteiger partial charge in [0.15, 0.2) is 11.5 Å². The second kappa shape index (κ2) is 7.93. The van der Waals surface area contributed by atoms with E-state index in [4.69, 9.17) is 14.2 Å². The molecule has 114 valence electrons. The van der Waals surface area contributed by atoms with E-state index in [0.717, 1.165) is 11.1 Å². The van der Waals surface area contributed by atoms with Crippen molar-refractivity contribution < 1.29 is 14.2 Å². The van der Waals surface area contributed by atoms with Gasteiger partial charge in [-0.25, -0.2) is 0 Å². The Bertz CT molecular complexity index is 633. The number of benzene rings is 2. The minimum absolute atomic E-state index is 0.599. The fourth-order valence-electron chi connectivity index (χ4n) is 2.10. The molecule has 0 aliphatic rings. The van der Waals surface area contributed by atoms with Gasteiger partial charge in [-0.1, -0.05) is 54.6 Å². The molecule has 2 aromatic carbocycles. The Morgan fingerprint density at radius 1 is 0.682 bits per heavy atom. The summed E-state index contributed by atoms with van der Waals surface area (Å²) in [5, 5.41) is 0. The van der Waals surface area contributed by atoms with Crippen molar-refractivity contribution in [3.05, 3.63) is 65.7 Å². The first-order chi connectivity index (χ1) is 10.8. The Kier molecular flexibility index (Phi) is 5.66. The second-order valence-electron chi connectivity index (χ2n) is 4.59. The second-order valence-corrected chi connectivity index (χ2v) is 4.59. The zero-order valence-corrected chi connectivity index (χ0v) is 13.1. The van der Waals surface area contributed by atoms with Crippen LogP contribution in [0.15, 0.2) is 54.6 Å². The molecule has 0 N–H and O–H groups in total. The van der Waals surface area contributed by atoms with Crippen LogP contribution in [0.3, 0.4) is 0 Å². The number of hydrogen-bond donors (Lipinski definition) is 0. The van der Waals surface area contributed by atoms with Crippen molar-refractivity contribution in [2.24, 2.45) is 0 Å². The number of allylic oxidation sites excluding steroid dienone is 2. The van der Waals surface area contributed by atoms with Crippen molar-refractivity contribution in [1.82, 2.24) is 0 Å². The number of ether oxygens (including phenoxy) is 3. The summed E-state index contributed by atoms with van der Waals surface area (Å²) in [5.74, 6) is 1.89. The first-order valence-electron chi connectivity index (χ1n) is 6.98. The fourth-order valence-corrected chi connectivity index (χ4v) is 2.10. The smallest absolute Gasteiger partial charge is 0.203 e. The van der Waals surface area contributed by atoms with E-state index in [0.29, 0.717) is 17.2 Å². The van der Waals surface area contributed by atoms with Crippen LogP contribution < -0.4 is 14.2 Å². The Hall–Kier alpha value is -2.68. The first kappa shape index (κ1) is 15.7. The first-order valence-corrected chi connectivity index (χ1v) is 6.98. The third-order valence-electron chi connectivity index (χ3n) is 3.18. The molecule has 0 radical (unpaired) electrons. The maximum Gasteiger partial charge on any atom is 0.203 e. The molecule has 2 aromatic rings. The van der Waals surface area contributed by atoms with Crippen LogP contribution in [-0.2, 0) is 0 Å². The molecule has 0 saturated carbocycles. The summed E-state index contributed by atoms with van der Waals surface area (Å²) in [7, 11) is 4.82. The Morgan fingerprint density at radius 2 is 1.23 bits per heavy atom. The topological polar surface area (TPSA) is 27.7 Å². The van der Waals surface area contributed by atoms with E-state index >= 15 is 0 Å². The van der Waals surface area contributed by atoms with Crippen LogP contribution in [0, 0.1) is 0 Å². The van der Waals surface area contributed by atoms with Crippen LogP contribution in [0.4, 0.5) is 0 Å². The van der Waals surface area contributed by atoms with E-state index in [2.05, 4.69) is 18.2 Å². The lowest BCUT2D eigenvalue weighted by Gasteiger charge is -2.12. The van der Waals surface area contributed by atoms with Gasteiger partial charge in [-0.3, -0.25) is 0 Å². The van der Waals surface area contributed by atoms with Gasteiger partial charge in [0, 0.05) is 0 Å². The molecule has 0 atom stereocenters. The lowest BCUT2D eigenvalue weighted by Crippen LogP contribution is -1.95. The Balaban J connectivity index is 2.19. The molecule has 0 saturated heterocycles. The van der Waals surface area contributed by atoms with Crippen molar-refractivity contribution in [2.75, 3.05) is 21.3 Å². The van der Waals surface area contributed by atoms with Crippen LogP contribution in [0.1, 0.15) is 11.1 Å². The lowest BCUT2D eigenvalue weighted by atomic mass is 10.1. The summed E-state index contributed by atoms with van der Waals surface area (Å²) in [6.45, 7) is 0. The van der Waals surface area contributed by atoms with E-state index < -0.39 is 0 Å². The largest absolute Gasteiger partial charge is 0.493 e. The van der Waals surface area contributed by atoms with E-state index in [1.165, 1.54) is 0 Å². The van der Waals surface area contributed by atoms with Crippen LogP contribution in [0.2, 0.25) is 0 Å². The molecule has 0 bridgehead atoms. The van der Waals surface area contributed by atoms with Crippen LogP contribution in [0.25, 0.3) is 12.2 Å². The average molecular weight is 296 g/mol. The monoisotopic (exact) mass is 296 g/mol. The maximum absolute atomic E-state index is 5.34. The Labute approximate surface area is 131 Å². The predicted octanol–water partition coefficient (Wildman–Crippen LogP) is 4.44. The van der Waals surface area contributed by atoms with Gasteiger partial charge in [-0.05, 0) is 23.3 Å². The van der Waals surface area contributed by atoms with Gasteiger partial charge in [0.2, 0.25) is 5.75 Å². The molecule has 3 nitrogen and oxygen atoms in total. The third kappa shape index (κ3) is 3.92. The predicted molar refractivity (Wildman–Crippen MR) is 90.6 cm³/mol. The van der Waals surface area contributed by atoms with Crippen molar-refractivity contribution in [3.8, 4) is 17.2 Å². The summed E-state index contributed by atoms with van der Waals surface area (Å²) in [6, 6.07) is 14.0. The molecule has 0 heterocycles. The molecule has 0 aliphatic heterocycles. The van der Waals surface area contributed by atoms with Crippen molar-refractivity contribution in [1.29, 1.82) is 0 Å². The lowest BCUT2D eigenvalue weighted by molar-refractivity contribution is 0.324. The van der Waals surface area contributed by atoms with Gasteiger partial charge in [-0.15, -0.1) is 0 Å². The molecular weight excluding hydrogens is 276 g/mol. The van der Waals surface area contributed by atoms with E-state index in [1.807, 2.05) is 48.6 Å². The van der Waals surface area contributed by atoms with Gasteiger partial charge in [-0.2, -0.15) is 0 Å². The summed E-state index contributed by atoms with van der Waals surface area (Å²) in [4.78, 5) is 0. The SMILES string of the molecule is COc1cc(/C=C/C=C/c2ccccc2)cc(OC)c1OC. The number of rotatable bonds is 6. The Morgan fingerprint density at radius 3 is 1.73 bits per heavy atom. The van der Waals surface area contributed by atoms with E-state index in [1.54, 1.807) is 21.3 Å². The highest BCUT2D eigenvalue weighted by Crippen LogP contribution is 2.38. The summed E-state index contributed by atoms with van der Waals surface area (Å²) in [5.41, 5.74) is 2.14. The molecule has 3 heteroatoms. The van der Waals surface area contributed by atoms with Crippen molar-refractivity contribution >= 4 is 12.2 Å². The van der Waals surface area contributed by atoms with Gasteiger partial charge >= 0.3 is 0 Å². The van der Waals surface area contributed by atoms with Gasteiger partial charge in [0.1, 0.15) is 0 Å². The van der Waals surface area contributed by atoms with E-state index in [-0.39, 0.29) is 0 Å². The van der Waals surface area contributed by atoms with Crippen molar-refractivity contribution in [2.45, 2.75) is 0 Å². The fraction of sp³-hybridized carbons (Fsp3) is 0.158. The van der Waals surface area contributed by atoms with Crippen LogP contribution >= 0.6 is 0 Å². The van der Waals surface area contributed by atoms with E-state index in [9.17, 15) is 0 Å². The highest BCUT2D eigenvalue weighted by molar-refractivity contribution is 5.64. The molecule has 0 spiro atoms. The summed E-state index contributed by atoms with van der Waals surface area (Å²) >= 11 is 0. The molecule has 0 amide bonds. The quantitative estimate of drug-likeness (QED) is 0.738.